The molecule has 1 atom stereocenters. The fourth-order valence-electron chi connectivity index (χ4n) is 1.54. The molecule has 0 bridgehead atoms. The summed E-state index contributed by atoms with van der Waals surface area (Å²) in [7, 11) is 0. The van der Waals surface area contributed by atoms with Gasteiger partial charge in [0.25, 0.3) is 0 Å². The SMILES string of the molecule is CC(=O)NC(CSC(=O)c1ccccc1OC(C)=O)C(=O)O. The zero-order chi connectivity index (χ0) is 16.7. The number of ether oxygens (including phenoxy) is 1. The fourth-order valence-corrected chi connectivity index (χ4v) is 2.40. The number of hydrogen-bond acceptors (Lipinski definition) is 6. The van der Waals surface area contributed by atoms with E-state index in [-0.39, 0.29) is 17.1 Å². The Balaban J connectivity index is 2.78. The number of benzene rings is 1. The molecule has 1 amide bonds. The molecule has 0 heterocycles. The van der Waals surface area contributed by atoms with E-state index < -0.39 is 29.0 Å². The van der Waals surface area contributed by atoms with Crippen molar-refractivity contribution in [3.05, 3.63) is 29.8 Å². The third-order valence-electron chi connectivity index (χ3n) is 2.42. The van der Waals surface area contributed by atoms with E-state index >= 15 is 0 Å². The zero-order valence-corrected chi connectivity index (χ0v) is 12.8. The lowest BCUT2D eigenvalue weighted by molar-refractivity contribution is -0.140. The van der Waals surface area contributed by atoms with Crippen molar-refractivity contribution in [3.8, 4) is 5.75 Å². The molecule has 0 saturated heterocycles. The molecule has 0 aliphatic rings. The lowest BCUT2D eigenvalue weighted by atomic mass is 10.2. The molecule has 8 heteroatoms. The van der Waals surface area contributed by atoms with Crippen molar-refractivity contribution in [2.45, 2.75) is 19.9 Å². The van der Waals surface area contributed by atoms with Crippen molar-refractivity contribution in [1.82, 2.24) is 5.32 Å². The highest BCUT2D eigenvalue weighted by Crippen LogP contribution is 2.23. The van der Waals surface area contributed by atoms with Gasteiger partial charge in [-0.1, -0.05) is 23.9 Å². The van der Waals surface area contributed by atoms with Gasteiger partial charge in [0, 0.05) is 19.6 Å². The summed E-state index contributed by atoms with van der Waals surface area (Å²) in [5.41, 5.74) is 0.162. The molecule has 0 aromatic heterocycles. The number of amides is 1. The van der Waals surface area contributed by atoms with Crippen LogP contribution in [0.3, 0.4) is 0 Å². The number of aliphatic carboxylic acids is 1. The molecule has 0 aliphatic heterocycles. The molecule has 7 nitrogen and oxygen atoms in total. The summed E-state index contributed by atoms with van der Waals surface area (Å²) in [4.78, 5) is 45.0. The molecule has 118 valence electrons. The Kier molecular flexibility index (Phi) is 6.58. The average Bonchev–Trinajstić information content (AvgIpc) is 2.42. The van der Waals surface area contributed by atoms with Crippen LogP contribution in [0, 0.1) is 0 Å². The Labute approximate surface area is 131 Å². The largest absolute Gasteiger partial charge is 0.480 e. The van der Waals surface area contributed by atoms with Crippen LogP contribution in [0.4, 0.5) is 0 Å². The third kappa shape index (κ3) is 5.57. The number of para-hydroxylation sites is 1. The minimum absolute atomic E-state index is 0.110. The molecule has 0 aliphatic carbocycles. The van der Waals surface area contributed by atoms with Gasteiger partial charge in [0.1, 0.15) is 11.8 Å². The molecule has 0 fully saturated rings. The van der Waals surface area contributed by atoms with Crippen molar-refractivity contribution in [1.29, 1.82) is 0 Å². The van der Waals surface area contributed by atoms with E-state index in [0.717, 1.165) is 11.8 Å². The first-order chi connectivity index (χ1) is 10.3. The topological polar surface area (TPSA) is 110 Å². The number of thioether (sulfide) groups is 1. The van der Waals surface area contributed by atoms with Crippen LogP contribution in [0.25, 0.3) is 0 Å². The van der Waals surface area contributed by atoms with Crippen molar-refractivity contribution >= 4 is 34.7 Å². The molecular formula is C14H15NO6S. The summed E-state index contributed by atoms with van der Waals surface area (Å²) in [6.45, 7) is 2.41. The van der Waals surface area contributed by atoms with Crippen molar-refractivity contribution in [2.75, 3.05) is 5.75 Å². The molecule has 22 heavy (non-hydrogen) atoms. The highest BCUT2D eigenvalue weighted by Gasteiger charge is 2.22. The van der Waals surface area contributed by atoms with Crippen LogP contribution in [-0.2, 0) is 14.4 Å². The Bertz CT molecular complexity index is 601. The molecular weight excluding hydrogens is 310 g/mol. The smallest absolute Gasteiger partial charge is 0.327 e. The summed E-state index contributed by atoms with van der Waals surface area (Å²) in [6.07, 6.45) is 0. The Morgan fingerprint density at radius 2 is 1.86 bits per heavy atom. The Hall–Kier alpha value is -2.35. The van der Waals surface area contributed by atoms with Crippen molar-refractivity contribution in [2.24, 2.45) is 0 Å². The minimum atomic E-state index is -1.23. The second-order valence-corrected chi connectivity index (χ2v) is 5.27. The van der Waals surface area contributed by atoms with Gasteiger partial charge in [-0.15, -0.1) is 0 Å². The highest BCUT2D eigenvalue weighted by molar-refractivity contribution is 8.14. The Morgan fingerprint density at radius 3 is 2.41 bits per heavy atom. The van der Waals surface area contributed by atoms with Gasteiger partial charge in [-0.25, -0.2) is 4.79 Å². The van der Waals surface area contributed by atoms with Gasteiger partial charge in [0.15, 0.2) is 0 Å². The average molecular weight is 325 g/mol. The van der Waals surface area contributed by atoms with E-state index in [2.05, 4.69) is 5.32 Å². The predicted molar refractivity (Wildman–Crippen MR) is 79.8 cm³/mol. The minimum Gasteiger partial charge on any atom is -0.480 e. The van der Waals surface area contributed by atoms with Crippen molar-refractivity contribution in [3.63, 3.8) is 0 Å². The maximum atomic E-state index is 12.1. The normalized spacial score (nSPS) is 11.4. The second-order valence-electron chi connectivity index (χ2n) is 4.28. The second kappa shape index (κ2) is 8.18. The van der Waals surface area contributed by atoms with Crippen LogP contribution in [0.1, 0.15) is 24.2 Å². The number of carbonyl (C=O) groups excluding carboxylic acids is 3. The summed E-state index contributed by atoms with van der Waals surface area (Å²) in [6, 6.07) is 4.98. The summed E-state index contributed by atoms with van der Waals surface area (Å²) in [5, 5.41) is 10.8. The van der Waals surface area contributed by atoms with Crippen molar-refractivity contribution < 1.29 is 29.0 Å². The fraction of sp³-hybridized carbons (Fsp3) is 0.286. The van der Waals surface area contributed by atoms with E-state index in [1.807, 2.05) is 0 Å². The monoisotopic (exact) mass is 325 g/mol. The lowest BCUT2D eigenvalue weighted by Crippen LogP contribution is -2.41. The number of hydrogen-bond donors (Lipinski definition) is 2. The first-order valence-corrected chi connectivity index (χ1v) is 7.24. The number of nitrogens with one attached hydrogen (secondary N) is 1. The first kappa shape index (κ1) is 17.7. The van der Waals surface area contributed by atoms with Crippen LogP contribution in [-0.4, -0.2) is 39.9 Å². The molecule has 2 N–H and O–H groups in total. The van der Waals surface area contributed by atoms with Crippen LogP contribution >= 0.6 is 11.8 Å². The number of carboxylic acid groups (broad SMARTS) is 1. The van der Waals surface area contributed by atoms with Crippen LogP contribution in [0.5, 0.6) is 5.75 Å². The molecule has 0 radical (unpaired) electrons. The maximum absolute atomic E-state index is 12.1. The van der Waals surface area contributed by atoms with Gasteiger partial charge in [0.05, 0.1) is 5.56 Å². The van der Waals surface area contributed by atoms with Gasteiger partial charge in [-0.05, 0) is 12.1 Å². The van der Waals surface area contributed by atoms with Gasteiger partial charge in [-0.2, -0.15) is 0 Å². The molecule has 0 saturated carbocycles. The number of esters is 1. The summed E-state index contributed by atoms with van der Waals surface area (Å²) in [5.74, 6) is -2.32. The number of carboxylic acids is 1. The summed E-state index contributed by atoms with van der Waals surface area (Å²) >= 11 is 0.723. The summed E-state index contributed by atoms with van der Waals surface area (Å²) < 4.78 is 4.93. The molecule has 1 aromatic carbocycles. The number of carbonyl (C=O) groups is 4. The molecule has 1 rings (SSSR count). The van der Waals surface area contributed by atoms with Crippen LogP contribution < -0.4 is 10.1 Å². The van der Waals surface area contributed by atoms with Gasteiger partial charge in [-0.3, -0.25) is 14.4 Å². The van der Waals surface area contributed by atoms with Crippen LogP contribution in [0.2, 0.25) is 0 Å². The third-order valence-corrected chi connectivity index (χ3v) is 3.40. The van der Waals surface area contributed by atoms with Gasteiger partial charge < -0.3 is 15.2 Å². The quantitative estimate of drug-likeness (QED) is 0.594. The first-order valence-electron chi connectivity index (χ1n) is 6.25. The van der Waals surface area contributed by atoms with E-state index in [1.165, 1.54) is 26.0 Å². The maximum Gasteiger partial charge on any atom is 0.327 e. The highest BCUT2D eigenvalue weighted by atomic mass is 32.2. The van der Waals surface area contributed by atoms with Crippen LogP contribution in [0.15, 0.2) is 24.3 Å². The molecule has 1 unspecified atom stereocenters. The van der Waals surface area contributed by atoms with E-state index in [0.29, 0.717) is 0 Å². The van der Waals surface area contributed by atoms with E-state index in [4.69, 9.17) is 9.84 Å². The Morgan fingerprint density at radius 1 is 1.23 bits per heavy atom. The number of rotatable bonds is 6. The standard InChI is InChI=1S/C14H15NO6S/c1-8(16)15-11(13(18)19)7-22-14(20)10-5-3-4-6-12(10)21-9(2)17/h3-6,11H,7H2,1-2H3,(H,15,16)(H,18,19). The van der Waals surface area contributed by atoms with E-state index in [1.54, 1.807) is 12.1 Å². The molecule has 1 aromatic rings. The van der Waals surface area contributed by atoms with Gasteiger partial charge in [0.2, 0.25) is 11.0 Å². The molecule has 0 spiro atoms. The van der Waals surface area contributed by atoms with Gasteiger partial charge >= 0.3 is 11.9 Å². The predicted octanol–water partition coefficient (Wildman–Crippen LogP) is 1.07. The lowest BCUT2D eigenvalue weighted by Gasteiger charge is -2.13. The van der Waals surface area contributed by atoms with E-state index in [9.17, 15) is 19.2 Å². The zero-order valence-electron chi connectivity index (χ0n) is 12.0.